The number of aliphatic hydroxyl groups excluding tert-OH is 2. The second-order valence-corrected chi connectivity index (χ2v) is 4.20. The molecule has 0 saturated heterocycles. The Kier molecular flexibility index (Phi) is 6.51. The first-order valence-corrected chi connectivity index (χ1v) is 6.07. The average Bonchev–Trinajstić information content (AvgIpc) is 2.48. The van der Waals surface area contributed by atoms with E-state index in [0.717, 1.165) is 0 Å². The van der Waals surface area contributed by atoms with Crippen molar-refractivity contribution in [2.24, 2.45) is 0 Å². The molecule has 0 bridgehead atoms. The minimum atomic E-state index is -0.171. The molecule has 1 aromatic carbocycles. The summed E-state index contributed by atoms with van der Waals surface area (Å²) in [5, 5.41) is 18.6. The number of nitrogens with zero attached hydrogens (tertiary/aromatic N) is 1. The summed E-state index contributed by atoms with van der Waals surface area (Å²) in [6, 6.07) is 14.2. The summed E-state index contributed by atoms with van der Waals surface area (Å²) < 4.78 is 1.65. The van der Waals surface area contributed by atoms with Crippen LogP contribution >= 0.6 is 0 Å². The third-order valence-corrected chi connectivity index (χ3v) is 2.99. The molecule has 2 aromatic rings. The normalized spacial score (nSPS) is 9.90. The number of carbonyl (C=O) groups excluding carboxylic acids is 1. The van der Waals surface area contributed by atoms with Gasteiger partial charge in [-0.25, -0.2) is 0 Å². The van der Waals surface area contributed by atoms with Gasteiger partial charge in [0.2, 0.25) is 23.7 Å². The summed E-state index contributed by atoms with van der Waals surface area (Å²) in [5.74, 6) is -0.0544. The molecule has 0 spiro atoms. The fraction of sp³-hybridized carbons (Fsp3) is 0.200. The smallest absolute Gasteiger partial charge is 0.227 e. The Hall–Kier alpha value is -1.56. The second kappa shape index (κ2) is 7.89. The van der Waals surface area contributed by atoms with Gasteiger partial charge in [0, 0.05) is 17.7 Å². The number of pyridine rings is 1. The van der Waals surface area contributed by atoms with Crippen LogP contribution < -0.4 is 21.5 Å². The Balaban J connectivity index is 0.00000200. The average molecular weight is 338 g/mol. The van der Waals surface area contributed by atoms with Gasteiger partial charge in [-0.05, 0) is 6.07 Å². The lowest BCUT2D eigenvalue weighted by atomic mass is 10.1. The predicted molar refractivity (Wildman–Crippen MR) is 69.3 cm³/mol. The number of aromatic nitrogens is 1. The van der Waals surface area contributed by atoms with Crippen molar-refractivity contribution in [1.82, 2.24) is 0 Å². The molecular formula is C15H16BrNO3. The molecule has 0 atom stereocenters. The minimum Gasteiger partial charge on any atom is -1.00 e. The molecule has 0 fully saturated rings. The molecule has 0 saturated carbocycles. The summed E-state index contributed by atoms with van der Waals surface area (Å²) in [6.07, 6.45) is 0. The third-order valence-electron chi connectivity index (χ3n) is 2.99. The van der Waals surface area contributed by atoms with Gasteiger partial charge in [-0.2, -0.15) is 4.57 Å². The van der Waals surface area contributed by atoms with Crippen molar-refractivity contribution in [3.05, 3.63) is 65.5 Å². The fourth-order valence-corrected chi connectivity index (χ4v) is 1.97. The van der Waals surface area contributed by atoms with Crippen molar-refractivity contribution in [2.45, 2.75) is 19.8 Å². The van der Waals surface area contributed by atoms with E-state index in [1.165, 1.54) is 0 Å². The fourth-order valence-electron chi connectivity index (χ4n) is 1.97. The van der Waals surface area contributed by atoms with Crippen molar-refractivity contribution in [2.75, 3.05) is 0 Å². The zero-order valence-electron chi connectivity index (χ0n) is 10.9. The van der Waals surface area contributed by atoms with E-state index < -0.39 is 0 Å². The third kappa shape index (κ3) is 3.72. The SMILES string of the molecule is O=C(C[n+]1c(CO)cccc1CO)c1ccccc1.[Br-]. The Labute approximate surface area is 128 Å². The maximum absolute atomic E-state index is 12.2. The number of aliphatic hydroxyl groups is 2. The Bertz CT molecular complexity index is 550. The first kappa shape index (κ1) is 16.5. The maximum atomic E-state index is 12.2. The number of halogens is 1. The quantitative estimate of drug-likeness (QED) is 0.483. The first-order valence-electron chi connectivity index (χ1n) is 6.07. The van der Waals surface area contributed by atoms with Crippen LogP contribution in [0.3, 0.4) is 0 Å². The summed E-state index contributed by atoms with van der Waals surface area (Å²) >= 11 is 0. The van der Waals surface area contributed by atoms with E-state index in [-0.39, 0.29) is 42.5 Å². The molecule has 1 aromatic heterocycles. The number of Topliss-reactive ketones (excluding diaryl/α,β-unsaturated/α-hetero) is 1. The highest BCUT2D eigenvalue weighted by molar-refractivity contribution is 5.94. The zero-order chi connectivity index (χ0) is 13.7. The van der Waals surface area contributed by atoms with Gasteiger partial charge in [0.1, 0.15) is 13.2 Å². The van der Waals surface area contributed by atoms with Gasteiger partial charge < -0.3 is 27.2 Å². The van der Waals surface area contributed by atoms with Crippen molar-refractivity contribution in [3.8, 4) is 0 Å². The first-order chi connectivity index (χ1) is 9.26. The number of carbonyl (C=O) groups is 1. The van der Waals surface area contributed by atoms with Crippen LogP contribution in [0.25, 0.3) is 0 Å². The largest absolute Gasteiger partial charge is 1.00 e. The van der Waals surface area contributed by atoms with Gasteiger partial charge in [0.25, 0.3) is 0 Å². The van der Waals surface area contributed by atoms with Crippen LogP contribution in [0.4, 0.5) is 0 Å². The van der Waals surface area contributed by atoms with Crippen LogP contribution in [0, 0.1) is 0 Å². The lowest BCUT2D eigenvalue weighted by molar-refractivity contribution is -0.701. The van der Waals surface area contributed by atoms with E-state index in [1.54, 1.807) is 34.9 Å². The number of benzene rings is 1. The monoisotopic (exact) mass is 337 g/mol. The van der Waals surface area contributed by atoms with Crippen LogP contribution in [0.1, 0.15) is 21.7 Å². The summed E-state index contributed by atoms with van der Waals surface area (Å²) in [4.78, 5) is 12.2. The molecule has 0 radical (unpaired) electrons. The zero-order valence-corrected chi connectivity index (χ0v) is 12.5. The van der Waals surface area contributed by atoms with Crippen molar-refractivity contribution in [3.63, 3.8) is 0 Å². The summed E-state index contributed by atoms with van der Waals surface area (Å²) in [7, 11) is 0. The Morgan fingerprint density at radius 1 is 0.900 bits per heavy atom. The van der Waals surface area contributed by atoms with Crippen LogP contribution in [0.2, 0.25) is 0 Å². The van der Waals surface area contributed by atoms with Crippen molar-refractivity contribution >= 4 is 5.78 Å². The molecule has 5 heteroatoms. The molecule has 2 N–H and O–H groups in total. The topological polar surface area (TPSA) is 61.4 Å². The van der Waals surface area contributed by atoms with Crippen LogP contribution in [0.15, 0.2) is 48.5 Å². The molecule has 1 heterocycles. The van der Waals surface area contributed by atoms with Crippen molar-refractivity contribution < 1.29 is 36.6 Å². The molecular weight excluding hydrogens is 322 g/mol. The molecule has 0 unspecified atom stereocenters. The number of hydrogen-bond acceptors (Lipinski definition) is 3. The number of rotatable bonds is 5. The van der Waals surface area contributed by atoms with Gasteiger partial charge in [-0.1, -0.05) is 30.3 Å². The van der Waals surface area contributed by atoms with Crippen molar-refractivity contribution in [1.29, 1.82) is 0 Å². The second-order valence-electron chi connectivity index (χ2n) is 4.20. The van der Waals surface area contributed by atoms with E-state index >= 15 is 0 Å². The van der Waals surface area contributed by atoms with Gasteiger partial charge >= 0.3 is 0 Å². The summed E-state index contributed by atoms with van der Waals surface area (Å²) in [5.41, 5.74) is 1.83. The predicted octanol–water partition coefficient (Wildman–Crippen LogP) is -2.15. The number of hydrogen-bond donors (Lipinski definition) is 2. The van der Waals surface area contributed by atoms with E-state index in [1.807, 2.05) is 18.2 Å². The molecule has 0 aliphatic rings. The Morgan fingerprint density at radius 3 is 1.95 bits per heavy atom. The molecule has 4 nitrogen and oxygen atoms in total. The summed E-state index contributed by atoms with van der Waals surface area (Å²) in [6.45, 7) is -0.234. The van der Waals surface area contributed by atoms with Gasteiger partial charge in [0.05, 0.1) is 0 Å². The minimum absolute atomic E-state index is 0. The van der Waals surface area contributed by atoms with Crippen LogP contribution in [0.5, 0.6) is 0 Å². The van der Waals surface area contributed by atoms with Crippen LogP contribution in [-0.2, 0) is 19.8 Å². The molecule has 2 rings (SSSR count). The van der Waals surface area contributed by atoms with E-state index in [4.69, 9.17) is 0 Å². The Morgan fingerprint density at radius 2 is 1.45 bits per heavy atom. The molecule has 106 valence electrons. The lowest BCUT2D eigenvalue weighted by Gasteiger charge is -2.05. The highest BCUT2D eigenvalue weighted by atomic mass is 79.9. The highest BCUT2D eigenvalue weighted by Crippen LogP contribution is 2.03. The highest BCUT2D eigenvalue weighted by Gasteiger charge is 2.19. The lowest BCUT2D eigenvalue weighted by Crippen LogP contribution is -3.00. The molecule has 20 heavy (non-hydrogen) atoms. The van der Waals surface area contributed by atoms with Gasteiger partial charge in [-0.3, -0.25) is 4.79 Å². The molecule has 0 aliphatic heterocycles. The maximum Gasteiger partial charge on any atom is 0.227 e. The number of ketones is 1. The van der Waals surface area contributed by atoms with Crippen LogP contribution in [-0.4, -0.2) is 16.0 Å². The standard InChI is InChI=1S/C15H16NO3.BrH/c17-10-13-7-4-8-14(11-18)16(13)9-15(19)12-5-2-1-3-6-12;/h1-8,17-18H,9-11H2;1H/q+1;/p-1. The van der Waals surface area contributed by atoms with E-state index in [9.17, 15) is 15.0 Å². The molecule has 0 aliphatic carbocycles. The van der Waals surface area contributed by atoms with E-state index in [0.29, 0.717) is 17.0 Å². The van der Waals surface area contributed by atoms with Gasteiger partial charge in [-0.15, -0.1) is 0 Å². The molecule has 0 amide bonds. The van der Waals surface area contributed by atoms with E-state index in [2.05, 4.69) is 0 Å². The van der Waals surface area contributed by atoms with Gasteiger partial charge in [0.15, 0.2) is 0 Å².